The fourth-order valence-corrected chi connectivity index (χ4v) is 2.39. The summed E-state index contributed by atoms with van der Waals surface area (Å²) in [7, 11) is 0. The van der Waals surface area contributed by atoms with Crippen molar-refractivity contribution < 1.29 is 0 Å². The second kappa shape index (κ2) is 3.96. The number of aromatic amines is 1. The van der Waals surface area contributed by atoms with Gasteiger partial charge in [0.15, 0.2) is 4.77 Å². The van der Waals surface area contributed by atoms with Crippen LogP contribution in [0, 0.1) is 10.7 Å². The van der Waals surface area contributed by atoms with Gasteiger partial charge in [-0.15, -0.1) is 0 Å². The van der Waals surface area contributed by atoms with Gasteiger partial charge in [-0.25, -0.2) is 0 Å². The van der Waals surface area contributed by atoms with Crippen molar-refractivity contribution in [1.29, 1.82) is 0 Å². The Morgan fingerprint density at radius 3 is 2.94 bits per heavy atom. The second-order valence-corrected chi connectivity index (χ2v) is 5.30. The Balaban J connectivity index is 2.28. The Morgan fingerprint density at radius 1 is 1.47 bits per heavy atom. The fourth-order valence-electron chi connectivity index (χ4n) is 1.95. The van der Waals surface area contributed by atoms with Gasteiger partial charge in [0.1, 0.15) is 0 Å². The number of aromatic nitrogens is 2. The van der Waals surface area contributed by atoms with E-state index >= 15 is 0 Å². The summed E-state index contributed by atoms with van der Waals surface area (Å²) in [6.07, 6.45) is 2.38. The van der Waals surface area contributed by atoms with Crippen LogP contribution in [0.15, 0.2) is 23.0 Å². The molecule has 1 aliphatic rings. The number of nitrogens with zero attached hydrogens (tertiary/aromatic N) is 1. The van der Waals surface area contributed by atoms with Gasteiger partial charge in [-0.2, -0.15) is 0 Å². The summed E-state index contributed by atoms with van der Waals surface area (Å²) in [5.74, 6) is 0.611. The molecule has 0 atom stereocenters. The van der Waals surface area contributed by atoms with E-state index in [1.165, 1.54) is 12.8 Å². The van der Waals surface area contributed by atoms with Crippen molar-refractivity contribution in [2.75, 3.05) is 0 Å². The average molecular weight is 267 g/mol. The highest BCUT2D eigenvalue weighted by Crippen LogP contribution is 2.30. The maximum Gasteiger partial charge on any atom is 0.262 e. The third kappa shape index (κ3) is 2.03. The van der Waals surface area contributed by atoms with E-state index in [1.807, 2.05) is 0 Å². The Morgan fingerprint density at radius 2 is 2.24 bits per heavy atom. The van der Waals surface area contributed by atoms with E-state index in [0.717, 1.165) is 12.1 Å². The maximum atomic E-state index is 12.3. The summed E-state index contributed by atoms with van der Waals surface area (Å²) < 4.78 is 2.14. The molecular formula is C12H11ClN2OS. The number of nitrogens with one attached hydrogen (secondary N) is 1. The molecule has 0 unspecified atom stereocenters. The molecule has 3 rings (SSSR count). The van der Waals surface area contributed by atoms with Gasteiger partial charge < -0.3 is 4.98 Å². The zero-order valence-corrected chi connectivity index (χ0v) is 10.6. The molecule has 1 heterocycles. The Bertz CT molecular complexity index is 700. The predicted molar refractivity (Wildman–Crippen MR) is 71.1 cm³/mol. The predicted octanol–water partition coefficient (Wildman–Crippen LogP) is 3.12. The number of hydrogen-bond donors (Lipinski definition) is 1. The molecule has 1 N–H and O–H groups in total. The second-order valence-electron chi connectivity index (χ2n) is 4.48. The first kappa shape index (κ1) is 11.0. The molecule has 0 saturated heterocycles. The van der Waals surface area contributed by atoms with E-state index < -0.39 is 0 Å². The van der Waals surface area contributed by atoms with E-state index in [-0.39, 0.29) is 5.56 Å². The molecule has 1 aromatic carbocycles. The van der Waals surface area contributed by atoms with Gasteiger partial charge in [0.05, 0.1) is 10.9 Å². The zero-order valence-electron chi connectivity index (χ0n) is 9.07. The van der Waals surface area contributed by atoms with Crippen LogP contribution in [-0.4, -0.2) is 9.55 Å². The van der Waals surface area contributed by atoms with Crippen LogP contribution in [0.2, 0.25) is 5.02 Å². The smallest absolute Gasteiger partial charge is 0.262 e. The number of hydrogen-bond acceptors (Lipinski definition) is 2. The van der Waals surface area contributed by atoms with Crippen LogP contribution in [0.25, 0.3) is 10.9 Å². The van der Waals surface area contributed by atoms with Gasteiger partial charge in [-0.3, -0.25) is 9.36 Å². The summed E-state index contributed by atoms with van der Waals surface area (Å²) in [4.78, 5) is 15.4. The van der Waals surface area contributed by atoms with Crippen LogP contribution in [0.4, 0.5) is 0 Å². The van der Waals surface area contributed by atoms with Crippen LogP contribution in [0.3, 0.4) is 0 Å². The first-order valence-corrected chi connectivity index (χ1v) is 6.36. The van der Waals surface area contributed by atoms with Crippen LogP contribution in [0.5, 0.6) is 0 Å². The van der Waals surface area contributed by atoms with Crippen LogP contribution in [0.1, 0.15) is 12.8 Å². The van der Waals surface area contributed by atoms with Crippen LogP contribution >= 0.6 is 23.8 Å². The summed E-state index contributed by atoms with van der Waals surface area (Å²) in [6.45, 7) is 0.719. The zero-order chi connectivity index (χ0) is 12.0. The average Bonchev–Trinajstić information content (AvgIpc) is 3.09. The van der Waals surface area contributed by atoms with Gasteiger partial charge in [0.25, 0.3) is 5.56 Å². The van der Waals surface area contributed by atoms with Crippen molar-refractivity contribution in [1.82, 2.24) is 9.55 Å². The van der Waals surface area contributed by atoms with Gasteiger partial charge >= 0.3 is 0 Å². The third-order valence-electron chi connectivity index (χ3n) is 3.08. The fraction of sp³-hybridized carbons (Fsp3) is 0.333. The topological polar surface area (TPSA) is 37.8 Å². The summed E-state index contributed by atoms with van der Waals surface area (Å²) in [5.41, 5.74) is 0.703. The summed E-state index contributed by atoms with van der Waals surface area (Å²) in [6, 6.07) is 5.23. The Labute approximate surface area is 108 Å². The van der Waals surface area contributed by atoms with Gasteiger partial charge in [0.2, 0.25) is 0 Å². The van der Waals surface area contributed by atoms with Crippen molar-refractivity contribution in [3.05, 3.63) is 38.3 Å². The number of rotatable bonds is 2. The summed E-state index contributed by atoms with van der Waals surface area (Å²) >= 11 is 11.1. The molecule has 0 radical (unpaired) electrons. The van der Waals surface area contributed by atoms with Gasteiger partial charge in [-0.05, 0) is 49.2 Å². The quantitative estimate of drug-likeness (QED) is 0.848. The minimum absolute atomic E-state index is 0.0434. The van der Waals surface area contributed by atoms with Crippen molar-refractivity contribution in [3.63, 3.8) is 0 Å². The molecule has 1 aromatic heterocycles. The largest absolute Gasteiger partial charge is 0.332 e. The highest BCUT2D eigenvalue weighted by atomic mass is 35.5. The molecule has 1 aliphatic carbocycles. The standard InChI is InChI=1S/C12H11ClN2OS/c13-8-3-4-10-9(5-8)11(16)15(12(17)14-10)6-7-1-2-7/h3-5,7H,1-2,6H2,(H,14,17). The van der Waals surface area contributed by atoms with Crippen molar-refractivity contribution in [3.8, 4) is 0 Å². The van der Waals surface area contributed by atoms with E-state index in [1.54, 1.807) is 22.8 Å². The van der Waals surface area contributed by atoms with Crippen LogP contribution < -0.4 is 5.56 Å². The third-order valence-corrected chi connectivity index (χ3v) is 3.64. The van der Waals surface area contributed by atoms with E-state index in [0.29, 0.717) is 21.1 Å². The molecule has 0 bridgehead atoms. The molecule has 0 spiro atoms. The van der Waals surface area contributed by atoms with E-state index in [9.17, 15) is 4.79 Å². The molecular weight excluding hydrogens is 256 g/mol. The molecule has 1 fully saturated rings. The highest BCUT2D eigenvalue weighted by molar-refractivity contribution is 7.71. The van der Waals surface area contributed by atoms with Crippen LogP contribution in [-0.2, 0) is 6.54 Å². The molecule has 17 heavy (non-hydrogen) atoms. The van der Waals surface area contributed by atoms with Crippen molar-refractivity contribution in [2.24, 2.45) is 5.92 Å². The molecule has 1 saturated carbocycles. The molecule has 5 heteroatoms. The number of halogens is 1. The number of benzene rings is 1. The SMILES string of the molecule is O=c1c2cc(Cl)ccc2[nH]c(=S)n1CC1CC1. The molecule has 0 amide bonds. The summed E-state index contributed by atoms with van der Waals surface area (Å²) in [5, 5.41) is 1.17. The lowest BCUT2D eigenvalue weighted by Gasteiger charge is -2.07. The van der Waals surface area contributed by atoms with E-state index in [2.05, 4.69) is 4.98 Å². The lowest BCUT2D eigenvalue weighted by atomic mass is 10.2. The highest BCUT2D eigenvalue weighted by Gasteiger charge is 2.23. The van der Waals surface area contributed by atoms with Gasteiger partial charge in [-0.1, -0.05) is 11.6 Å². The first-order valence-electron chi connectivity index (χ1n) is 5.57. The van der Waals surface area contributed by atoms with Crippen molar-refractivity contribution in [2.45, 2.75) is 19.4 Å². The number of H-pyrrole nitrogens is 1. The maximum absolute atomic E-state index is 12.3. The molecule has 88 valence electrons. The van der Waals surface area contributed by atoms with Crippen molar-refractivity contribution >= 4 is 34.7 Å². The van der Waals surface area contributed by atoms with E-state index in [4.69, 9.17) is 23.8 Å². The molecule has 2 aromatic rings. The number of fused-ring (bicyclic) bond motifs is 1. The Hall–Kier alpha value is -1.13. The lowest BCUT2D eigenvalue weighted by Crippen LogP contribution is -2.23. The molecule has 0 aliphatic heterocycles. The minimum Gasteiger partial charge on any atom is -0.332 e. The monoisotopic (exact) mass is 266 g/mol. The minimum atomic E-state index is -0.0434. The Kier molecular flexibility index (Phi) is 2.56. The molecule has 3 nitrogen and oxygen atoms in total. The normalized spacial score (nSPS) is 15.4. The first-order chi connectivity index (χ1) is 8.15. The van der Waals surface area contributed by atoms with Gasteiger partial charge in [0, 0.05) is 11.6 Å². The lowest BCUT2D eigenvalue weighted by molar-refractivity contribution is 0.594.